The molecule has 7 rings (SSSR count). The summed E-state index contributed by atoms with van der Waals surface area (Å²) in [6.45, 7) is 1.41. The highest BCUT2D eigenvalue weighted by Gasteiger charge is 2.67. The van der Waals surface area contributed by atoms with Gasteiger partial charge in [0.05, 0.1) is 16.3 Å². The number of carbonyl (C=O) groups is 1. The summed E-state index contributed by atoms with van der Waals surface area (Å²) >= 11 is 0. The molecule has 0 radical (unpaired) electrons. The highest BCUT2D eigenvalue weighted by Crippen LogP contribution is 2.60. The number of rotatable bonds is 10. The quantitative estimate of drug-likeness (QED) is 0.0930. The largest absolute Gasteiger partial charge is 0.743 e. The van der Waals surface area contributed by atoms with Crippen LogP contribution in [0, 0.1) is 23.2 Å². The third-order valence-corrected chi connectivity index (χ3v) is 12.4. The minimum atomic E-state index is -6.63. The van der Waals surface area contributed by atoms with Crippen molar-refractivity contribution in [2.75, 3.05) is 0 Å². The summed E-state index contributed by atoms with van der Waals surface area (Å²) in [5, 5.41) is -5.86. The molecule has 248 valence electrons. The van der Waals surface area contributed by atoms with Gasteiger partial charge >= 0.3 is 17.1 Å². The maximum Gasteiger partial charge on any atom is 0.400 e. The monoisotopic (exact) mass is 678 g/mol. The molecular weight excluding hydrogens is 641 g/mol. The fraction of sp³-hybridized carbons (Fsp3) is 0.457. The van der Waals surface area contributed by atoms with Crippen LogP contribution in [-0.4, -0.2) is 36.2 Å². The number of ether oxygens (including phenoxy) is 1. The van der Waals surface area contributed by atoms with Crippen LogP contribution in [0.1, 0.15) is 58.3 Å². The molecule has 0 aliphatic heterocycles. The molecule has 0 N–H and O–H groups in total. The molecule has 4 saturated carbocycles. The molecule has 0 saturated heterocycles. The van der Waals surface area contributed by atoms with E-state index in [4.69, 9.17) is 4.74 Å². The fourth-order valence-electron chi connectivity index (χ4n) is 7.62. The predicted molar refractivity (Wildman–Crippen MR) is 166 cm³/mol. The van der Waals surface area contributed by atoms with Gasteiger partial charge in [-0.2, -0.15) is 17.6 Å². The lowest BCUT2D eigenvalue weighted by Gasteiger charge is -2.55. The smallest absolute Gasteiger partial charge is 0.400 e. The second-order valence-corrected chi connectivity index (χ2v) is 16.2. The van der Waals surface area contributed by atoms with Crippen LogP contribution in [0.25, 0.3) is 0 Å². The van der Waals surface area contributed by atoms with E-state index in [9.17, 15) is 35.3 Å². The number of hydrogen-bond donors (Lipinski definition) is 0. The van der Waals surface area contributed by atoms with Gasteiger partial charge in [-0.05, 0) is 99.1 Å². The Balaban J connectivity index is 0.000000192. The Morgan fingerprint density at radius 1 is 0.804 bits per heavy atom. The van der Waals surface area contributed by atoms with Gasteiger partial charge < -0.3 is 9.29 Å². The van der Waals surface area contributed by atoms with Crippen LogP contribution in [0.3, 0.4) is 0 Å². The van der Waals surface area contributed by atoms with Crippen molar-refractivity contribution in [3.05, 3.63) is 91.0 Å². The highest BCUT2D eigenvalue weighted by molar-refractivity contribution is 7.97. The van der Waals surface area contributed by atoms with Crippen molar-refractivity contribution in [3.8, 4) is 0 Å². The zero-order valence-electron chi connectivity index (χ0n) is 25.5. The Kier molecular flexibility index (Phi) is 10.2. The van der Waals surface area contributed by atoms with Crippen molar-refractivity contribution in [3.63, 3.8) is 0 Å². The van der Waals surface area contributed by atoms with E-state index in [-0.39, 0.29) is 17.3 Å². The molecule has 0 amide bonds. The van der Waals surface area contributed by atoms with Crippen LogP contribution < -0.4 is 0 Å². The molecule has 4 fully saturated rings. The Labute approximate surface area is 270 Å². The number of halogens is 4. The summed E-state index contributed by atoms with van der Waals surface area (Å²) in [6, 6.07) is 32.2. The first-order valence-electron chi connectivity index (χ1n) is 15.6. The van der Waals surface area contributed by atoms with Crippen LogP contribution in [0.2, 0.25) is 0 Å². The van der Waals surface area contributed by atoms with Crippen LogP contribution >= 0.6 is 0 Å². The van der Waals surface area contributed by atoms with Gasteiger partial charge in [-0.15, -0.1) is 0 Å². The van der Waals surface area contributed by atoms with E-state index in [1.54, 1.807) is 0 Å². The van der Waals surface area contributed by atoms with Crippen LogP contribution in [0.5, 0.6) is 0 Å². The van der Waals surface area contributed by atoms with Crippen molar-refractivity contribution < 1.29 is 40.1 Å². The Morgan fingerprint density at radius 3 is 1.50 bits per heavy atom. The van der Waals surface area contributed by atoms with E-state index in [0.717, 1.165) is 19.3 Å². The molecule has 1 atom stereocenters. The minimum Gasteiger partial charge on any atom is -0.743 e. The molecule has 3 aromatic carbocycles. The van der Waals surface area contributed by atoms with Crippen molar-refractivity contribution in [2.24, 2.45) is 23.2 Å². The van der Waals surface area contributed by atoms with Gasteiger partial charge in [0, 0.05) is 0 Å². The van der Waals surface area contributed by atoms with Gasteiger partial charge in [0.25, 0.3) is 0 Å². The van der Waals surface area contributed by atoms with Crippen LogP contribution in [0.4, 0.5) is 17.6 Å². The molecule has 3 aromatic rings. The Morgan fingerprint density at radius 2 is 1.17 bits per heavy atom. The zero-order valence-corrected chi connectivity index (χ0v) is 27.1. The van der Waals surface area contributed by atoms with Gasteiger partial charge in [0.2, 0.25) is 0 Å². The normalized spacial score (nSPS) is 24.6. The van der Waals surface area contributed by atoms with E-state index in [1.807, 2.05) is 0 Å². The number of esters is 1. The zero-order chi connectivity index (χ0) is 33.2. The summed E-state index contributed by atoms with van der Waals surface area (Å²) in [5.41, 5.74) is -0.956. The lowest BCUT2D eigenvalue weighted by atomic mass is 9.49. The Bertz CT molecular complexity index is 1440. The number of alkyl halides is 4. The molecule has 4 aliphatic carbocycles. The maximum atomic E-state index is 14.3. The highest BCUT2D eigenvalue weighted by atomic mass is 32.2. The lowest BCUT2D eigenvalue weighted by Crippen LogP contribution is -2.57. The van der Waals surface area contributed by atoms with Crippen molar-refractivity contribution >= 4 is 27.0 Å². The molecule has 5 nitrogen and oxygen atoms in total. The standard InChI is InChI=1S/C18H15S.C17H24F4O5S/c1-4-10-16(11-5-1)19(17-12-6-2-7-13-17)18-14-8-3-9-15-18;1-2-3-13(16(18,19)17(20,21)27(23,24)25)26-14(22)15-7-10-4-11(8-15)6-12(5-10)9-15/h1-15H;10-13H,2-9H2,1H3,(H,23,24,25)/q+1;/p-1. The first-order chi connectivity index (χ1) is 21.8. The molecule has 4 bridgehead atoms. The second-order valence-electron chi connectivity index (χ2n) is 12.7. The average molecular weight is 679 g/mol. The lowest BCUT2D eigenvalue weighted by molar-refractivity contribution is -0.237. The molecule has 11 heteroatoms. The summed E-state index contributed by atoms with van der Waals surface area (Å²) < 4.78 is 92.8. The molecular formula is C35H38F4O5S2. The van der Waals surface area contributed by atoms with Crippen LogP contribution in [0.15, 0.2) is 106 Å². The van der Waals surface area contributed by atoms with E-state index in [1.165, 1.54) is 21.6 Å². The van der Waals surface area contributed by atoms with Gasteiger partial charge in [0.1, 0.15) is 0 Å². The SMILES string of the molecule is CCCC(OC(=O)C12CC3CC(CC(C3)C1)C2)C(F)(F)C(F)(F)S(=O)(=O)[O-].c1ccc([S+](c2ccccc2)c2ccccc2)cc1. The van der Waals surface area contributed by atoms with E-state index >= 15 is 0 Å². The first kappa shape index (κ1) is 34.4. The predicted octanol–water partition coefficient (Wildman–Crippen LogP) is 8.47. The van der Waals surface area contributed by atoms with Gasteiger partial charge in [-0.3, -0.25) is 4.79 Å². The third-order valence-electron chi connectivity index (χ3n) is 9.31. The summed E-state index contributed by atoms with van der Waals surface area (Å²) in [6.07, 6.45) is 1.01. The van der Waals surface area contributed by atoms with Gasteiger partial charge in [-0.1, -0.05) is 67.9 Å². The first-order valence-corrected chi connectivity index (χ1v) is 18.2. The van der Waals surface area contributed by atoms with E-state index in [0.29, 0.717) is 37.0 Å². The van der Waals surface area contributed by atoms with Crippen molar-refractivity contribution in [2.45, 2.75) is 90.3 Å². The van der Waals surface area contributed by atoms with Crippen LogP contribution in [-0.2, 0) is 30.5 Å². The fourth-order valence-corrected chi connectivity index (χ4v) is 10.2. The third kappa shape index (κ3) is 7.01. The summed E-state index contributed by atoms with van der Waals surface area (Å²) in [5.74, 6) is -5.35. The number of benzene rings is 3. The Hall–Kier alpha value is -2.89. The van der Waals surface area contributed by atoms with Crippen molar-refractivity contribution in [1.29, 1.82) is 0 Å². The molecule has 4 aliphatic rings. The molecule has 0 aromatic heterocycles. The van der Waals surface area contributed by atoms with Crippen molar-refractivity contribution in [1.82, 2.24) is 0 Å². The maximum absolute atomic E-state index is 14.3. The van der Waals surface area contributed by atoms with Gasteiger partial charge in [0.15, 0.2) is 30.9 Å². The number of hydrogen-bond acceptors (Lipinski definition) is 5. The molecule has 0 spiro atoms. The molecule has 46 heavy (non-hydrogen) atoms. The number of carbonyl (C=O) groups excluding carboxylic acids is 1. The minimum absolute atomic E-state index is 0.0146. The average Bonchev–Trinajstić information content (AvgIpc) is 3.01. The molecule has 1 unspecified atom stereocenters. The summed E-state index contributed by atoms with van der Waals surface area (Å²) in [7, 11) is -6.64. The second kappa shape index (κ2) is 13.7. The van der Waals surface area contributed by atoms with Gasteiger partial charge in [-0.25, -0.2) is 8.42 Å². The summed E-state index contributed by atoms with van der Waals surface area (Å²) in [4.78, 5) is 16.9. The topological polar surface area (TPSA) is 83.5 Å². The van der Waals surface area contributed by atoms with E-state index < -0.39 is 45.2 Å². The molecule has 0 heterocycles. The van der Waals surface area contributed by atoms with E-state index in [2.05, 4.69) is 91.0 Å².